The number of fused-ring (bicyclic) bond motifs is 3. The van der Waals surface area contributed by atoms with Crippen molar-refractivity contribution in [3.8, 4) is 22.3 Å². The lowest BCUT2D eigenvalue weighted by atomic mass is 9.97. The van der Waals surface area contributed by atoms with Gasteiger partial charge in [-0.05, 0) is 44.0 Å². The molecule has 1 atom stereocenters. The Kier molecular flexibility index (Phi) is 8.22. The molecule has 42 heavy (non-hydrogen) atoms. The van der Waals surface area contributed by atoms with Crippen molar-refractivity contribution in [2.24, 2.45) is 0 Å². The highest BCUT2D eigenvalue weighted by molar-refractivity contribution is 7.98. The second kappa shape index (κ2) is 11.9. The fourth-order valence-corrected chi connectivity index (χ4v) is 5.69. The molecular weight excluding hydrogens is 560 g/mol. The summed E-state index contributed by atoms with van der Waals surface area (Å²) in [4.78, 5) is 23.6. The van der Waals surface area contributed by atoms with Crippen LogP contribution in [0.3, 0.4) is 0 Å². The van der Waals surface area contributed by atoms with E-state index in [2.05, 4.69) is 5.32 Å². The number of amides is 1. The molecule has 6 nitrogen and oxygen atoms in total. The molecule has 0 aliphatic carbocycles. The maximum Gasteiger partial charge on any atom is 0.408 e. The number of halogens is 2. The van der Waals surface area contributed by atoms with Crippen LogP contribution in [0.2, 0.25) is 0 Å². The first-order valence-corrected chi connectivity index (χ1v) is 14.5. The van der Waals surface area contributed by atoms with E-state index >= 15 is 8.78 Å². The summed E-state index contributed by atoms with van der Waals surface area (Å²) < 4.78 is 41.8. The summed E-state index contributed by atoms with van der Waals surface area (Å²) in [5.41, 5.74) is 3.04. The third-order valence-electron chi connectivity index (χ3n) is 6.58. The molecule has 0 saturated heterocycles. The van der Waals surface area contributed by atoms with Gasteiger partial charge in [0.25, 0.3) is 0 Å². The molecule has 0 spiro atoms. The van der Waals surface area contributed by atoms with Crippen molar-refractivity contribution in [3.05, 3.63) is 96.1 Å². The minimum atomic E-state index is -1.26. The van der Waals surface area contributed by atoms with Gasteiger partial charge in [0.2, 0.25) is 0 Å². The molecule has 0 fully saturated rings. The van der Waals surface area contributed by atoms with Gasteiger partial charge >= 0.3 is 12.1 Å². The second-order valence-corrected chi connectivity index (χ2v) is 11.8. The van der Waals surface area contributed by atoms with E-state index in [1.807, 2.05) is 48.5 Å². The van der Waals surface area contributed by atoms with Gasteiger partial charge in [-0.1, -0.05) is 66.7 Å². The monoisotopic (exact) mass is 589 g/mol. The van der Waals surface area contributed by atoms with Crippen molar-refractivity contribution < 1.29 is 32.6 Å². The molecule has 1 aromatic heterocycles. The van der Waals surface area contributed by atoms with E-state index in [4.69, 9.17) is 9.15 Å². The Bertz CT molecular complexity index is 1790. The zero-order valence-electron chi connectivity index (χ0n) is 23.2. The van der Waals surface area contributed by atoms with Gasteiger partial charge in [0.05, 0.1) is 0 Å². The number of carbonyl (C=O) groups is 2. The number of hydrogen-bond donors (Lipinski definition) is 2. The van der Waals surface area contributed by atoms with E-state index in [1.54, 1.807) is 39.0 Å². The third-order valence-corrected chi connectivity index (χ3v) is 7.67. The fraction of sp³-hybridized carbons (Fsp3) is 0.212. The Hall–Kier alpha value is -4.37. The molecule has 216 valence electrons. The molecule has 1 unspecified atom stereocenters. The van der Waals surface area contributed by atoms with Crippen molar-refractivity contribution in [1.29, 1.82) is 0 Å². The topological polar surface area (TPSA) is 88.8 Å². The molecule has 9 heteroatoms. The predicted molar refractivity (Wildman–Crippen MR) is 161 cm³/mol. The smallest absolute Gasteiger partial charge is 0.408 e. The Balaban J connectivity index is 1.34. The molecule has 2 N–H and O–H groups in total. The Morgan fingerprint density at radius 3 is 2.33 bits per heavy atom. The van der Waals surface area contributed by atoms with Gasteiger partial charge < -0.3 is 19.6 Å². The first kappa shape index (κ1) is 29.1. The molecule has 0 saturated carbocycles. The van der Waals surface area contributed by atoms with Crippen molar-refractivity contribution >= 4 is 45.8 Å². The molecule has 5 rings (SSSR count). The molecule has 1 heterocycles. The standard InChI is InChI=1S/C33H29F2NO5S/c1-33(2,3)41-32(39)36-26(31(37)38)18-42-17-21-14-15-22(29(35)28(21)34)19-8-6-9-20(16-19)23-11-7-12-25-24-10-4-5-13-27(24)40-30(23)25/h4-16,26H,17-18H2,1-3H3,(H,36,39)(H,37,38). The van der Waals surface area contributed by atoms with Crippen LogP contribution in [0.25, 0.3) is 44.2 Å². The van der Waals surface area contributed by atoms with Crippen LogP contribution in [0.15, 0.2) is 83.3 Å². The molecule has 0 radical (unpaired) electrons. The van der Waals surface area contributed by atoms with Crippen LogP contribution in [0.5, 0.6) is 0 Å². The largest absolute Gasteiger partial charge is 0.480 e. The van der Waals surface area contributed by atoms with Crippen LogP contribution in [-0.2, 0) is 15.3 Å². The summed E-state index contributed by atoms with van der Waals surface area (Å²) in [6.07, 6.45) is -0.865. The Labute approximate surface area is 245 Å². The minimum Gasteiger partial charge on any atom is -0.480 e. The number of benzene rings is 4. The summed E-state index contributed by atoms with van der Waals surface area (Å²) in [6, 6.07) is 22.6. The number of alkyl carbamates (subject to hydrolysis) is 1. The number of carbonyl (C=O) groups excluding carboxylic acids is 1. The lowest BCUT2D eigenvalue weighted by molar-refractivity contribution is -0.138. The number of nitrogens with one attached hydrogen (secondary N) is 1. The Morgan fingerprint density at radius 1 is 0.905 bits per heavy atom. The zero-order valence-corrected chi connectivity index (χ0v) is 24.1. The second-order valence-electron chi connectivity index (χ2n) is 10.8. The van der Waals surface area contributed by atoms with E-state index in [0.717, 1.165) is 44.8 Å². The molecule has 5 aromatic rings. The van der Waals surface area contributed by atoms with E-state index in [1.165, 1.54) is 12.1 Å². The number of aliphatic carboxylic acids is 1. The zero-order chi connectivity index (χ0) is 30.0. The first-order chi connectivity index (χ1) is 20.0. The Morgan fingerprint density at radius 2 is 1.60 bits per heavy atom. The molecule has 1 amide bonds. The lowest BCUT2D eigenvalue weighted by Crippen LogP contribution is -2.44. The lowest BCUT2D eigenvalue weighted by Gasteiger charge is -2.21. The minimum absolute atomic E-state index is 0.0108. The van der Waals surface area contributed by atoms with Crippen molar-refractivity contribution in [3.63, 3.8) is 0 Å². The number of para-hydroxylation sites is 2. The average molecular weight is 590 g/mol. The molecular formula is C33H29F2NO5S. The normalized spacial score (nSPS) is 12.4. The van der Waals surface area contributed by atoms with E-state index in [9.17, 15) is 14.7 Å². The van der Waals surface area contributed by atoms with Gasteiger partial charge in [-0.25, -0.2) is 18.4 Å². The van der Waals surface area contributed by atoms with Crippen LogP contribution in [0.4, 0.5) is 13.6 Å². The maximum absolute atomic E-state index is 15.3. The van der Waals surface area contributed by atoms with Crippen LogP contribution in [-0.4, -0.2) is 34.6 Å². The first-order valence-electron chi connectivity index (χ1n) is 13.3. The van der Waals surface area contributed by atoms with Gasteiger partial charge in [0.1, 0.15) is 22.8 Å². The van der Waals surface area contributed by atoms with Gasteiger partial charge in [0, 0.05) is 39.0 Å². The van der Waals surface area contributed by atoms with Crippen molar-refractivity contribution in [2.75, 3.05) is 5.75 Å². The summed E-state index contributed by atoms with van der Waals surface area (Å²) in [7, 11) is 0. The number of hydrogen-bond acceptors (Lipinski definition) is 5. The summed E-state index contributed by atoms with van der Waals surface area (Å²) >= 11 is 1.06. The van der Waals surface area contributed by atoms with Gasteiger partial charge in [-0.2, -0.15) is 11.8 Å². The quantitative estimate of drug-likeness (QED) is 0.189. The van der Waals surface area contributed by atoms with E-state index < -0.39 is 35.3 Å². The molecule has 0 aliphatic rings. The van der Waals surface area contributed by atoms with Gasteiger partial charge in [-0.15, -0.1) is 0 Å². The van der Waals surface area contributed by atoms with Gasteiger partial charge in [-0.3, -0.25) is 0 Å². The van der Waals surface area contributed by atoms with Gasteiger partial charge in [0.15, 0.2) is 11.6 Å². The average Bonchev–Trinajstić information content (AvgIpc) is 3.33. The van der Waals surface area contributed by atoms with Crippen LogP contribution < -0.4 is 5.32 Å². The van der Waals surface area contributed by atoms with Crippen LogP contribution in [0, 0.1) is 11.6 Å². The van der Waals surface area contributed by atoms with Crippen molar-refractivity contribution in [2.45, 2.75) is 38.2 Å². The number of ether oxygens (including phenoxy) is 1. The summed E-state index contributed by atoms with van der Waals surface area (Å²) in [6.45, 7) is 4.99. The summed E-state index contributed by atoms with van der Waals surface area (Å²) in [5.74, 6) is -3.30. The van der Waals surface area contributed by atoms with E-state index in [0.29, 0.717) is 5.56 Å². The predicted octanol–water partition coefficient (Wildman–Crippen LogP) is 8.41. The maximum atomic E-state index is 15.3. The number of carboxylic acid groups (broad SMARTS) is 1. The molecule has 0 bridgehead atoms. The number of rotatable bonds is 8. The van der Waals surface area contributed by atoms with Crippen LogP contribution >= 0.6 is 11.8 Å². The number of furan rings is 1. The van der Waals surface area contributed by atoms with Crippen LogP contribution in [0.1, 0.15) is 26.3 Å². The number of carboxylic acids is 1. The highest BCUT2D eigenvalue weighted by atomic mass is 32.2. The molecule has 0 aliphatic heterocycles. The third kappa shape index (κ3) is 6.26. The van der Waals surface area contributed by atoms with E-state index in [-0.39, 0.29) is 22.6 Å². The highest BCUT2D eigenvalue weighted by Gasteiger charge is 2.24. The highest BCUT2D eigenvalue weighted by Crippen LogP contribution is 2.37. The summed E-state index contributed by atoms with van der Waals surface area (Å²) in [5, 5.41) is 13.7. The fourth-order valence-electron chi connectivity index (χ4n) is 4.66. The number of thioether (sulfide) groups is 1. The molecule has 4 aromatic carbocycles. The SMILES string of the molecule is CC(C)(C)OC(=O)NC(CSCc1ccc(-c2cccc(-c3cccc4c3oc3ccccc34)c2)c(F)c1F)C(=O)O. The van der Waals surface area contributed by atoms with Crippen molar-refractivity contribution in [1.82, 2.24) is 5.32 Å².